The Hall–Kier alpha value is -1.10. The maximum absolute atomic E-state index is 10.6. The zero-order chi connectivity index (χ0) is 11.3. The fraction of sp³-hybridized carbons (Fsp3) is 0.600. The van der Waals surface area contributed by atoms with Gasteiger partial charge in [0, 0.05) is 6.04 Å². The Balaban J connectivity index is 2.59. The molecule has 1 aromatic heterocycles. The zero-order valence-corrected chi connectivity index (χ0v) is 9.80. The second-order valence-electron chi connectivity index (χ2n) is 3.37. The largest absolute Gasteiger partial charge is 0.477 e. The molecule has 0 aliphatic heterocycles. The zero-order valence-electron chi connectivity index (χ0n) is 8.99. The average Bonchev–Trinajstić information content (AvgIpc) is 2.65. The minimum atomic E-state index is -0.913. The summed E-state index contributed by atoms with van der Waals surface area (Å²) >= 11 is 1.19. The number of hydrogen-bond acceptors (Lipinski definition) is 4. The smallest absolute Gasteiger partial charge is 0.347 e. The van der Waals surface area contributed by atoms with Crippen molar-refractivity contribution in [3.8, 4) is 0 Å². The highest BCUT2D eigenvalue weighted by Crippen LogP contribution is 2.20. The van der Waals surface area contributed by atoms with Crippen molar-refractivity contribution in [3.63, 3.8) is 0 Å². The van der Waals surface area contributed by atoms with Crippen molar-refractivity contribution >= 4 is 22.4 Å². The molecule has 1 atom stereocenters. The van der Waals surface area contributed by atoms with Crippen LogP contribution < -0.4 is 5.32 Å². The summed E-state index contributed by atoms with van der Waals surface area (Å²) in [6.45, 7) is 4.24. The number of carboxylic acid groups (broad SMARTS) is 1. The average molecular weight is 228 g/mol. The first-order valence-corrected chi connectivity index (χ1v) is 5.94. The third-order valence-corrected chi connectivity index (χ3v) is 3.09. The van der Waals surface area contributed by atoms with Gasteiger partial charge in [-0.15, -0.1) is 0 Å². The van der Waals surface area contributed by atoms with Crippen molar-refractivity contribution in [1.29, 1.82) is 0 Å². The van der Waals surface area contributed by atoms with Crippen molar-refractivity contribution < 1.29 is 9.90 Å². The molecule has 0 amide bonds. The van der Waals surface area contributed by atoms with E-state index in [0.717, 1.165) is 19.3 Å². The van der Waals surface area contributed by atoms with Crippen LogP contribution in [-0.2, 0) is 0 Å². The number of carboxylic acids is 1. The van der Waals surface area contributed by atoms with Gasteiger partial charge in [0.15, 0.2) is 5.13 Å². The first kappa shape index (κ1) is 12.0. The van der Waals surface area contributed by atoms with Crippen LogP contribution in [0, 0.1) is 0 Å². The van der Waals surface area contributed by atoms with Gasteiger partial charge in [-0.1, -0.05) is 31.6 Å². The highest BCUT2D eigenvalue weighted by Gasteiger charge is 2.11. The standard InChI is InChI=1S/C10H16N2O2S/c1-3-5-7(4-2)12-10-11-6-8(15-10)9(13)14/h6-7H,3-5H2,1-2H3,(H,11,12)(H,13,14). The Morgan fingerprint density at radius 1 is 1.67 bits per heavy atom. The molecule has 0 aromatic carbocycles. The molecule has 1 heterocycles. The van der Waals surface area contributed by atoms with E-state index >= 15 is 0 Å². The fourth-order valence-electron chi connectivity index (χ4n) is 1.34. The summed E-state index contributed by atoms with van der Waals surface area (Å²) in [5.41, 5.74) is 0. The molecule has 5 heteroatoms. The maximum Gasteiger partial charge on any atom is 0.347 e. The molecule has 0 bridgehead atoms. The molecule has 15 heavy (non-hydrogen) atoms. The minimum absolute atomic E-state index is 0.281. The van der Waals surface area contributed by atoms with Crippen molar-refractivity contribution in [1.82, 2.24) is 4.98 Å². The Morgan fingerprint density at radius 3 is 2.87 bits per heavy atom. The summed E-state index contributed by atoms with van der Waals surface area (Å²) in [4.78, 5) is 15.0. The number of aromatic carboxylic acids is 1. The van der Waals surface area contributed by atoms with Crippen LogP contribution in [0.15, 0.2) is 6.20 Å². The predicted octanol–water partition coefficient (Wildman–Crippen LogP) is 2.83. The highest BCUT2D eigenvalue weighted by atomic mass is 32.1. The molecule has 4 nitrogen and oxygen atoms in total. The first-order chi connectivity index (χ1) is 7.17. The van der Waals surface area contributed by atoms with Crippen LogP contribution in [0.1, 0.15) is 42.8 Å². The lowest BCUT2D eigenvalue weighted by Crippen LogP contribution is -2.17. The predicted molar refractivity (Wildman–Crippen MR) is 61.7 cm³/mol. The van der Waals surface area contributed by atoms with Crippen molar-refractivity contribution in [3.05, 3.63) is 11.1 Å². The normalized spacial score (nSPS) is 12.4. The lowest BCUT2D eigenvalue weighted by molar-refractivity contribution is 0.0702. The Labute approximate surface area is 93.4 Å². The van der Waals surface area contributed by atoms with Gasteiger partial charge in [0.2, 0.25) is 0 Å². The van der Waals surface area contributed by atoms with Gasteiger partial charge in [-0.2, -0.15) is 0 Å². The highest BCUT2D eigenvalue weighted by molar-refractivity contribution is 7.17. The molecule has 0 fully saturated rings. The number of nitrogens with one attached hydrogen (secondary N) is 1. The third kappa shape index (κ3) is 3.51. The van der Waals surface area contributed by atoms with E-state index in [1.807, 2.05) is 0 Å². The number of rotatable bonds is 6. The van der Waals surface area contributed by atoms with E-state index in [2.05, 4.69) is 24.1 Å². The summed E-state index contributed by atoms with van der Waals surface area (Å²) in [6, 6.07) is 0.391. The Kier molecular flexibility index (Phi) is 4.55. The van der Waals surface area contributed by atoms with Gasteiger partial charge < -0.3 is 10.4 Å². The molecule has 0 saturated carbocycles. The van der Waals surface area contributed by atoms with Crippen LogP contribution in [0.3, 0.4) is 0 Å². The second-order valence-corrected chi connectivity index (χ2v) is 4.40. The topological polar surface area (TPSA) is 62.2 Å². The quantitative estimate of drug-likeness (QED) is 0.786. The number of anilines is 1. The monoisotopic (exact) mass is 228 g/mol. The molecule has 1 rings (SSSR count). The minimum Gasteiger partial charge on any atom is -0.477 e. The molecule has 2 N–H and O–H groups in total. The van der Waals surface area contributed by atoms with Crippen molar-refractivity contribution in [2.24, 2.45) is 0 Å². The van der Waals surface area contributed by atoms with Gasteiger partial charge in [0.25, 0.3) is 0 Å². The van der Waals surface area contributed by atoms with E-state index < -0.39 is 5.97 Å². The van der Waals surface area contributed by atoms with E-state index in [9.17, 15) is 4.79 Å². The molecule has 0 radical (unpaired) electrons. The van der Waals surface area contributed by atoms with Gasteiger partial charge in [-0.25, -0.2) is 9.78 Å². The Morgan fingerprint density at radius 2 is 2.40 bits per heavy atom. The van der Waals surface area contributed by atoms with Crippen LogP contribution in [-0.4, -0.2) is 22.1 Å². The Bertz CT molecular complexity index is 325. The van der Waals surface area contributed by atoms with Crippen molar-refractivity contribution in [2.75, 3.05) is 5.32 Å². The SMILES string of the molecule is CCCC(CC)Nc1ncc(C(=O)O)s1. The number of aromatic nitrogens is 1. The number of hydrogen-bond donors (Lipinski definition) is 2. The molecule has 0 saturated heterocycles. The van der Waals surface area contributed by atoms with Crippen LogP contribution in [0.4, 0.5) is 5.13 Å². The van der Waals surface area contributed by atoms with Gasteiger partial charge in [-0.05, 0) is 12.8 Å². The molecule has 0 aliphatic carbocycles. The summed E-state index contributed by atoms with van der Waals surface area (Å²) in [5.74, 6) is -0.913. The maximum atomic E-state index is 10.6. The van der Waals surface area contributed by atoms with Gasteiger partial charge in [0.1, 0.15) is 4.88 Å². The molecule has 0 spiro atoms. The summed E-state index contributed by atoms with van der Waals surface area (Å²) in [6.07, 6.45) is 4.62. The summed E-state index contributed by atoms with van der Waals surface area (Å²) in [7, 11) is 0. The van der Waals surface area contributed by atoms with E-state index in [1.54, 1.807) is 0 Å². The molecule has 0 aliphatic rings. The van der Waals surface area contributed by atoms with Crippen LogP contribution >= 0.6 is 11.3 Å². The second kappa shape index (κ2) is 5.70. The molecular weight excluding hydrogens is 212 g/mol. The van der Waals surface area contributed by atoms with Crippen LogP contribution in [0.25, 0.3) is 0 Å². The first-order valence-electron chi connectivity index (χ1n) is 5.13. The van der Waals surface area contributed by atoms with Crippen LogP contribution in [0.2, 0.25) is 0 Å². The van der Waals surface area contributed by atoms with E-state index in [1.165, 1.54) is 17.5 Å². The summed E-state index contributed by atoms with van der Waals surface area (Å²) < 4.78 is 0. The molecule has 84 valence electrons. The van der Waals surface area contributed by atoms with E-state index in [-0.39, 0.29) is 4.88 Å². The lowest BCUT2D eigenvalue weighted by Gasteiger charge is -2.14. The number of nitrogens with zero attached hydrogens (tertiary/aromatic N) is 1. The molecular formula is C10H16N2O2S. The van der Waals surface area contributed by atoms with E-state index in [0.29, 0.717) is 11.2 Å². The lowest BCUT2D eigenvalue weighted by atomic mass is 10.1. The van der Waals surface area contributed by atoms with Crippen molar-refractivity contribution in [2.45, 2.75) is 39.2 Å². The fourth-order valence-corrected chi connectivity index (χ4v) is 2.07. The van der Waals surface area contributed by atoms with Gasteiger partial charge in [-0.3, -0.25) is 0 Å². The molecule has 1 unspecified atom stereocenters. The number of thiazole rings is 1. The third-order valence-electron chi connectivity index (χ3n) is 2.17. The van der Waals surface area contributed by atoms with Gasteiger partial charge in [0.05, 0.1) is 6.20 Å². The van der Waals surface area contributed by atoms with Gasteiger partial charge >= 0.3 is 5.97 Å². The van der Waals surface area contributed by atoms with Crippen LogP contribution in [0.5, 0.6) is 0 Å². The van der Waals surface area contributed by atoms with E-state index in [4.69, 9.17) is 5.11 Å². The summed E-state index contributed by atoms with van der Waals surface area (Å²) in [5, 5.41) is 12.7. The number of carbonyl (C=O) groups is 1. The molecule has 1 aromatic rings.